The summed E-state index contributed by atoms with van der Waals surface area (Å²) in [5, 5.41) is 8.92. The Morgan fingerprint density at radius 2 is 2.00 bits per heavy atom. The van der Waals surface area contributed by atoms with E-state index in [1.807, 2.05) is 12.1 Å². The van der Waals surface area contributed by atoms with E-state index in [2.05, 4.69) is 9.80 Å². The van der Waals surface area contributed by atoms with Crippen LogP contribution in [0.5, 0.6) is 0 Å². The van der Waals surface area contributed by atoms with Crippen LogP contribution in [0.1, 0.15) is 17.3 Å². The summed E-state index contributed by atoms with van der Waals surface area (Å²) in [5.74, 6) is -0.00161. The van der Waals surface area contributed by atoms with Crippen molar-refractivity contribution in [3.8, 4) is 0 Å². The average Bonchev–Trinajstić information content (AvgIpc) is 2.40. The van der Waals surface area contributed by atoms with Crippen LogP contribution in [-0.4, -0.2) is 55.1 Å². The fourth-order valence-corrected chi connectivity index (χ4v) is 2.42. The van der Waals surface area contributed by atoms with Crippen LogP contribution in [0.4, 0.5) is 11.4 Å². The number of aliphatic hydroxyl groups is 1. The lowest BCUT2D eigenvalue weighted by Crippen LogP contribution is -2.47. The van der Waals surface area contributed by atoms with Gasteiger partial charge in [0.25, 0.3) is 0 Å². The molecule has 0 aliphatic carbocycles. The van der Waals surface area contributed by atoms with E-state index in [9.17, 15) is 4.79 Å². The van der Waals surface area contributed by atoms with E-state index >= 15 is 0 Å². The molecule has 0 atom stereocenters. The van der Waals surface area contributed by atoms with Crippen LogP contribution in [0.25, 0.3) is 0 Å². The number of Topliss-reactive ketones (excluding diaryl/α,β-unsaturated/α-hetero) is 1. The molecule has 0 radical (unpaired) electrons. The Bertz CT molecular complexity index is 454. The van der Waals surface area contributed by atoms with E-state index in [0.717, 1.165) is 38.4 Å². The molecule has 0 bridgehead atoms. The van der Waals surface area contributed by atoms with Crippen molar-refractivity contribution in [2.45, 2.75) is 6.92 Å². The smallest absolute Gasteiger partial charge is 0.161 e. The maximum atomic E-state index is 11.5. The van der Waals surface area contributed by atoms with Crippen LogP contribution >= 0.6 is 0 Å². The summed E-state index contributed by atoms with van der Waals surface area (Å²) in [4.78, 5) is 16.0. The molecule has 1 saturated heterocycles. The number of hydrogen-bond donors (Lipinski definition) is 2. The van der Waals surface area contributed by atoms with Crippen molar-refractivity contribution in [1.29, 1.82) is 0 Å². The van der Waals surface area contributed by atoms with Gasteiger partial charge < -0.3 is 15.7 Å². The molecule has 1 aromatic carbocycles. The molecule has 0 saturated carbocycles. The van der Waals surface area contributed by atoms with E-state index in [-0.39, 0.29) is 12.4 Å². The molecule has 104 valence electrons. The largest absolute Gasteiger partial charge is 0.398 e. The third-order valence-corrected chi connectivity index (χ3v) is 3.57. The third kappa shape index (κ3) is 3.24. The fraction of sp³-hybridized carbons (Fsp3) is 0.500. The van der Waals surface area contributed by atoms with Gasteiger partial charge in [-0.2, -0.15) is 0 Å². The summed E-state index contributed by atoms with van der Waals surface area (Å²) >= 11 is 0. The molecule has 3 N–H and O–H groups in total. The first-order chi connectivity index (χ1) is 9.11. The van der Waals surface area contributed by atoms with Crippen molar-refractivity contribution < 1.29 is 9.90 Å². The second kappa shape index (κ2) is 6.04. The van der Waals surface area contributed by atoms with E-state index in [1.54, 1.807) is 6.07 Å². The molecule has 1 aliphatic heterocycles. The minimum Gasteiger partial charge on any atom is -0.398 e. The third-order valence-electron chi connectivity index (χ3n) is 3.57. The van der Waals surface area contributed by atoms with Crippen molar-refractivity contribution in [2.75, 3.05) is 50.0 Å². The second-order valence-electron chi connectivity index (χ2n) is 4.88. The molecule has 19 heavy (non-hydrogen) atoms. The van der Waals surface area contributed by atoms with Crippen LogP contribution in [0.2, 0.25) is 0 Å². The van der Waals surface area contributed by atoms with Gasteiger partial charge in [-0.1, -0.05) is 0 Å². The molecule has 5 heteroatoms. The number of nitrogen functional groups attached to an aromatic ring is 1. The van der Waals surface area contributed by atoms with E-state index in [0.29, 0.717) is 11.3 Å². The monoisotopic (exact) mass is 263 g/mol. The zero-order chi connectivity index (χ0) is 13.8. The highest BCUT2D eigenvalue weighted by Gasteiger charge is 2.17. The zero-order valence-electron chi connectivity index (χ0n) is 11.3. The SMILES string of the molecule is CC(=O)c1cc(N2CCN(CCO)CC2)ccc1N. The van der Waals surface area contributed by atoms with Crippen molar-refractivity contribution in [3.05, 3.63) is 23.8 Å². The predicted molar refractivity (Wildman–Crippen MR) is 76.6 cm³/mol. The Morgan fingerprint density at radius 3 is 2.58 bits per heavy atom. The van der Waals surface area contributed by atoms with Gasteiger partial charge >= 0.3 is 0 Å². The Labute approximate surface area is 113 Å². The standard InChI is InChI=1S/C14H21N3O2/c1-11(19)13-10-12(2-3-14(13)15)17-6-4-16(5-7-17)8-9-18/h2-3,10,18H,4-9,15H2,1H3. The lowest BCUT2D eigenvalue weighted by atomic mass is 10.1. The van der Waals surface area contributed by atoms with Crippen LogP contribution in [0.15, 0.2) is 18.2 Å². The van der Waals surface area contributed by atoms with Gasteiger partial charge in [0.2, 0.25) is 0 Å². The highest BCUT2D eigenvalue weighted by Crippen LogP contribution is 2.22. The first-order valence-corrected chi connectivity index (χ1v) is 6.60. The lowest BCUT2D eigenvalue weighted by Gasteiger charge is -2.36. The van der Waals surface area contributed by atoms with Crippen molar-refractivity contribution >= 4 is 17.2 Å². The molecule has 5 nitrogen and oxygen atoms in total. The maximum absolute atomic E-state index is 11.5. The molecular weight excluding hydrogens is 242 g/mol. The van der Waals surface area contributed by atoms with Crippen molar-refractivity contribution in [3.63, 3.8) is 0 Å². The first-order valence-electron chi connectivity index (χ1n) is 6.60. The molecule has 1 fully saturated rings. The minimum atomic E-state index is -0.00161. The predicted octanol–water partition coefficient (Wildman–Crippen LogP) is 0.586. The number of anilines is 2. The van der Waals surface area contributed by atoms with E-state index in [1.165, 1.54) is 6.92 Å². The number of hydrogen-bond acceptors (Lipinski definition) is 5. The van der Waals surface area contributed by atoms with E-state index in [4.69, 9.17) is 10.8 Å². The van der Waals surface area contributed by atoms with Crippen LogP contribution < -0.4 is 10.6 Å². The van der Waals surface area contributed by atoms with Gasteiger partial charge in [0, 0.05) is 49.7 Å². The summed E-state index contributed by atoms with van der Waals surface area (Å²) in [6.07, 6.45) is 0. The normalized spacial score (nSPS) is 16.6. The Morgan fingerprint density at radius 1 is 1.32 bits per heavy atom. The molecule has 0 aromatic heterocycles. The minimum absolute atomic E-state index is 0.00161. The number of carbonyl (C=O) groups is 1. The molecule has 0 amide bonds. The number of benzene rings is 1. The Hall–Kier alpha value is -1.59. The summed E-state index contributed by atoms with van der Waals surface area (Å²) in [7, 11) is 0. The Kier molecular flexibility index (Phi) is 4.39. The second-order valence-corrected chi connectivity index (χ2v) is 4.88. The fourth-order valence-electron chi connectivity index (χ4n) is 2.42. The maximum Gasteiger partial charge on any atom is 0.161 e. The molecule has 1 aliphatic rings. The highest BCUT2D eigenvalue weighted by molar-refractivity contribution is 6.00. The average molecular weight is 263 g/mol. The van der Waals surface area contributed by atoms with Gasteiger partial charge in [-0.3, -0.25) is 9.69 Å². The zero-order valence-corrected chi connectivity index (χ0v) is 11.3. The summed E-state index contributed by atoms with van der Waals surface area (Å²) in [6, 6.07) is 5.63. The number of nitrogens with zero attached hydrogens (tertiary/aromatic N) is 2. The van der Waals surface area contributed by atoms with Crippen LogP contribution in [0.3, 0.4) is 0 Å². The van der Waals surface area contributed by atoms with Crippen molar-refractivity contribution in [2.24, 2.45) is 0 Å². The number of rotatable bonds is 4. The number of nitrogens with two attached hydrogens (primary N) is 1. The lowest BCUT2D eigenvalue weighted by molar-refractivity contribution is 0.101. The van der Waals surface area contributed by atoms with Crippen LogP contribution in [-0.2, 0) is 0 Å². The van der Waals surface area contributed by atoms with Gasteiger partial charge in [-0.15, -0.1) is 0 Å². The molecular formula is C14H21N3O2. The van der Waals surface area contributed by atoms with Gasteiger partial charge in [0.15, 0.2) is 5.78 Å². The first kappa shape index (κ1) is 13.8. The van der Waals surface area contributed by atoms with Gasteiger partial charge in [-0.05, 0) is 25.1 Å². The Balaban J connectivity index is 2.07. The number of carbonyl (C=O) groups excluding carboxylic acids is 1. The molecule has 2 rings (SSSR count). The van der Waals surface area contributed by atoms with Gasteiger partial charge in [0.1, 0.15) is 0 Å². The molecule has 1 heterocycles. The van der Waals surface area contributed by atoms with Gasteiger partial charge in [-0.25, -0.2) is 0 Å². The topological polar surface area (TPSA) is 69.8 Å². The molecule has 0 unspecified atom stereocenters. The van der Waals surface area contributed by atoms with Crippen molar-refractivity contribution in [1.82, 2.24) is 4.90 Å². The quantitative estimate of drug-likeness (QED) is 0.614. The molecule has 0 spiro atoms. The number of piperazine rings is 1. The number of ketones is 1. The summed E-state index contributed by atoms with van der Waals surface area (Å²) in [6.45, 7) is 6.14. The van der Waals surface area contributed by atoms with Crippen LogP contribution in [0, 0.1) is 0 Å². The summed E-state index contributed by atoms with van der Waals surface area (Å²) in [5.41, 5.74) is 7.98. The summed E-state index contributed by atoms with van der Waals surface area (Å²) < 4.78 is 0. The number of β-amino-alcohol motifs (C(OH)–C–C–N with tert-alkyl or cyclic N) is 1. The molecule has 1 aromatic rings. The van der Waals surface area contributed by atoms with E-state index < -0.39 is 0 Å². The number of aliphatic hydroxyl groups excluding tert-OH is 1. The highest BCUT2D eigenvalue weighted by atomic mass is 16.3. The van der Waals surface area contributed by atoms with Gasteiger partial charge in [0.05, 0.1) is 6.61 Å².